The standard InChI is InChI=1S/C19H19F2N3O3/c1-3-17-23-13-6-4-5-7-14(13)24(17)11-18(25)22-12-8-9-15(26-2)16(10-12)27-19(20)21/h4-10,19H,3,11H2,1-2H3,(H,22,25). The van der Waals surface area contributed by atoms with Gasteiger partial charge < -0.3 is 19.4 Å². The van der Waals surface area contributed by atoms with E-state index in [1.54, 1.807) is 6.07 Å². The Balaban J connectivity index is 1.80. The van der Waals surface area contributed by atoms with E-state index in [4.69, 9.17) is 4.74 Å². The molecule has 0 unspecified atom stereocenters. The van der Waals surface area contributed by atoms with Gasteiger partial charge in [0, 0.05) is 18.2 Å². The maximum Gasteiger partial charge on any atom is 0.387 e. The molecule has 1 heterocycles. The molecule has 0 radical (unpaired) electrons. The van der Waals surface area contributed by atoms with E-state index in [9.17, 15) is 13.6 Å². The van der Waals surface area contributed by atoms with Crippen LogP contribution in [0.5, 0.6) is 11.5 Å². The topological polar surface area (TPSA) is 65.4 Å². The van der Waals surface area contributed by atoms with Crippen LogP contribution in [0.3, 0.4) is 0 Å². The molecule has 0 fully saturated rings. The van der Waals surface area contributed by atoms with Gasteiger partial charge in [0.1, 0.15) is 12.4 Å². The van der Waals surface area contributed by atoms with Crippen molar-refractivity contribution in [2.24, 2.45) is 0 Å². The van der Waals surface area contributed by atoms with E-state index in [0.717, 1.165) is 16.9 Å². The van der Waals surface area contributed by atoms with Crippen molar-refractivity contribution in [3.05, 3.63) is 48.3 Å². The highest BCUT2D eigenvalue weighted by Gasteiger charge is 2.15. The minimum atomic E-state index is -2.99. The van der Waals surface area contributed by atoms with Crippen LogP contribution in [0.25, 0.3) is 11.0 Å². The molecule has 3 aromatic rings. The van der Waals surface area contributed by atoms with Gasteiger partial charge in [-0.05, 0) is 24.3 Å². The van der Waals surface area contributed by atoms with E-state index < -0.39 is 6.61 Å². The minimum Gasteiger partial charge on any atom is -0.493 e. The number of carbonyl (C=O) groups is 1. The smallest absolute Gasteiger partial charge is 0.387 e. The number of hydrogen-bond donors (Lipinski definition) is 1. The number of benzene rings is 2. The summed E-state index contributed by atoms with van der Waals surface area (Å²) in [6, 6.07) is 11.9. The summed E-state index contributed by atoms with van der Waals surface area (Å²) >= 11 is 0. The highest BCUT2D eigenvalue weighted by molar-refractivity contribution is 5.92. The summed E-state index contributed by atoms with van der Waals surface area (Å²) in [4.78, 5) is 17.0. The van der Waals surface area contributed by atoms with Gasteiger partial charge in [-0.2, -0.15) is 8.78 Å². The number of ether oxygens (including phenoxy) is 2. The van der Waals surface area contributed by atoms with Gasteiger partial charge in [0.15, 0.2) is 11.5 Å². The number of para-hydroxylation sites is 2. The molecule has 142 valence electrons. The third-order valence-electron chi connectivity index (χ3n) is 4.01. The number of hydrogen-bond acceptors (Lipinski definition) is 4. The number of fused-ring (bicyclic) bond motifs is 1. The molecule has 8 heteroatoms. The third-order valence-corrected chi connectivity index (χ3v) is 4.01. The van der Waals surface area contributed by atoms with Crippen LogP contribution in [0, 0.1) is 0 Å². The lowest BCUT2D eigenvalue weighted by molar-refractivity contribution is -0.116. The fraction of sp³-hybridized carbons (Fsp3) is 0.263. The summed E-state index contributed by atoms with van der Waals surface area (Å²) in [5.41, 5.74) is 2.01. The van der Waals surface area contributed by atoms with Crippen LogP contribution in [-0.2, 0) is 17.8 Å². The van der Waals surface area contributed by atoms with Gasteiger partial charge >= 0.3 is 6.61 Å². The number of amides is 1. The molecule has 27 heavy (non-hydrogen) atoms. The summed E-state index contributed by atoms with van der Waals surface area (Å²) in [6.45, 7) is -0.970. The zero-order chi connectivity index (χ0) is 19.4. The number of carbonyl (C=O) groups excluding carboxylic acids is 1. The highest BCUT2D eigenvalue weighted by Crippen LogP contribution is 2.31. The molecule has 1 aromatic heterocycles. The van der Waals surface area contributed by atoms with Crippen molar-refractivity contribution in [3.63, 3.8) is 0 Å². The van der Waals surface area contributed by atoms with Crippen molar-refractivity contribution in [2.75, 3.05) is 12.4 Å². The molecular weight excluding hydrogens is 356 g/mol. The Bertz CT molecular complexity index is 957. The van der Waals surface area contributed by atoms with E-state index in [2.05, 4.69) is 15.0 Å². The summed E-state index contributed by atoms with van der Waals surface area (Å²) < 4.78 is 36.3. The predicted molar refractivity (Wildman–Crippen MR) is 97.4 cm³/mol. The zero-order valence-corrected chi connectivity index (χ0v) is 14.9. The SMILES string of the molecule is CCc1nc2ccccc2n1CC(=O)Nc1ccc(OC)c(OC(F)F)c1. The molecule has 0 aliphatic heterocycles. The predicted octanol–water partition coefficient (Wildman–Crippen LogP) is 3.85. The molecule has 0 atom stereocenters. The Kier molecular flexibility index (Phi) is 5.54. The van der Waals surface area contributed by atoms with Crippen LogP contribution in [0.15, 0.2) is 42.5 Å². The number of aryl methyl sites for hydroxylation is 1. The number of imidazole rings is 1. The van der Waals surface area contributed by atoms with Crippen molar-refractivity contribution in [3.8, 4) is 11.5 Å². The van der Waals surface area contributed by atoms with Crippen molar-refractivity contribution >= 4 is 22.6 Å². The van der Waals surface area contributed by atoms with E-state index in [-0.39, 0.29) is 24.0 Å². The lowest BCUT2D eigenvalue weighted by atomic mass is 10.2. The second-order valence-electron chi connectivity index (χ2n) is 5.75. The number of anilines is 1. The molecule has 0 saturated heterocycles. The summed E-state index contributed by atoms with van der Waals surface area (Å²) in [5.74, 6) is 0.499. The molecular formula is C19H19F2N3O3. The Morgan fingerprint density at radius 3 is 2.70 bits per heavy atom. The van der Waals surface area contributed by atoms with Gasteiger partial charge in [0.2, 0.25) is 5.91 Å². The Hall–Kier alpha value is -3.16. The van der Waals surface area contributed by atoms with Gasteiger partial charge in [-0.15, -0.1) is 0 Å². The van der Waals surface area contributed by atoms with Crippen molar-refractivity contribution in [1.29, 1.82) is 0 Å². The summed E-state index contributed by atoms with van der Waals surface area (Å²) in [7, 11) is 1.35. The maximum atomic E-state index is 12.5. The number of methoxy groups -OCH3 is 1. The third kappa shape index (κ3) is 4.16. The van der Waals surface area contributed by atoms with E-state index in [1.807, 2.05) is 35.8 Å². The van der Waals surface area contributed by atoms with Crippen molar-refractivity contribution in [2.45, 2.75) is 26.5 Å². The Morgan fingerprint density at radius 2 is 2.00 bits per heavy atom. The molecule has 0 bridgehead atoms. The monoisotopic (exact) mass is 375 g/mol. The van der Waals surface area contributed by atoms with Gasteiger partial charge in [0.25, 0.3) is 0 Å². The van der Waals surface area contributed by atoms with E-state index in [0.29, 0.717) is 12.1 Å². The average Bonchev–Trinajstić information content (AvgIpc) is 2.99. The van der Waals surface area contributed by atoms with Crippen LogP contribution in [-0.4, -0.2) is 29.2 Å². The summed E-state index contributed by atoms with van der Waals surface area (Å²) in [6.07, 6.45) is 0.677. The molecule has 6 nitrogen and oxygen atoms in total. The number of aromatic nitrogens is 2. The number of alkyl halides is 2. The van der Waals surface area contributed by atoms with E-state index >= 15 is 0 Å². The zero-order valence-electron chi connectivity index (χ0n) is 14.9. The Morgan fingerprint density at radius 1 is 1.22 bits per heavy atom. The molecule has 0 spiro atoms. The van der Waals surface area contributed by atoms with Gasteiger partial charge in [-0.1, -0.05) is 19.1 Å². The maximum absolute atomic E-state index is 12.5. The van der Waals surface area contributed by atoms with Crippen molar-refractivity contribution < 1.29 is 23.0 Å². The number of nitrogens with one attached hydrogen (secondary N) is 1. The fourth-order valence-corrected chi connectivity index (χ4v) is 2.86. The summed E-state index contributed by atoms with van der Waals surface area (Å²) in [5, 5.41) is 2.69. The van der Waals surface area contributed by atoms with Crippen LogP contribution in [0.4, 0.5) is 14.5 Å². The molecule has 0 aliphatic rings. The van der Waals surface area contributed by atoms with Crippen LogP contribution < -0.4 is 14.8 Å². The number of halogens is 2. The first kappa shape index (κ1) is 18.6. The fourth-order valence-electron chi connectivity index (χ4n) is 2.86. The molecule has 1 amide bonds. The van der Waals surface area contributed by atoms with Crippen LogP contribution in [0.1, 0.15) is 12.7 Å². The lowest BCUT2D eigenvalue weighted by Gasteiger charge is -2.13. The first-order valence-electron chi connectivity index (χ1n) is 8.38. The first-order chi connectivity index (χ1) is 13.0. The van der Waals surface area contributed by atoms with Crippen LogP contribution >= 0.6 is 0 Å². The first-order valence-corrected chi connectivity index (χ1v) is 8.38. The highest BCUT2D eigenvalue weighted by atomic mass is 19.3. The van der Waals surface area contributed by atoms with Crippen LogP contribution in [0.2, 0.25) is 0 Å². The van der Waals surface area contributed by atoms with Gasteiger partial charge in [-0.25, -0.2) is 4.98 Å². The second-order valence-corrected chi connectivity index (χ2v) is 5.75. The normalized spacial score (nSPS) is 11.0. The lowest BCUT2D eigenvalue weighted by Crippen LogP contribution is -2.20. The molecule has 3 rings (SSSR count). The molecule has 2 aromatic carbocycles. The van der Waals surface area contributed by atoms with E-state index in [1.165, 1.54) is 19.2 Å². The minimum absolute atomic E-state index is 0.0563. The number of nitrogens with zero attached hydrogens (tertiary/aromatic N) is 2. The number of rotatable bonds is 7. The quantitative estimate of drug-likeness (QED) is 0.681. The molecule has 1 N–H and O–H groups in total. The largest absolute Gasteiger partial charge is 0.493 e. The second kappa shape index (κ2) is 8.03. The van der Waals surface area contributed by atoms with Crippen molar-refractivity contribution in [1.82, 2.24) is 9.55 Å². The molecule has 0 saturated carbocycles. The molecule has 0 aliphatic carbocycles. The van der Waals surface area contributed by atoms with Gasteiger partial charge in [0.05, 0.1) is 18.1 Å². The van der Waals surface area contributed by atoms with Gasteiger partial charge in [-0.3, -0.25) is 4.79 Å². The average molecular weight is 375 g/mol. The Labute approximate surface area is 154 Å².